The first-order valence-electron chi connectivity index (χ1n) is 5.48. The van der Waals surface area contributed by atoms with E-state index in [4.69, 9.17) is 5.73 Å². The van der Waals surface area contributed by atoms with Crippen molar-refractivity contribution in [1.82, 2.24) is 5.32 Å². The van der Waals surface area contributed by atoms with Crippen molar-refractivity contribution in [2.75, 3.05) is 12.3 Å². The second kappa shape index (κ2) is 4.96. The molecule has 0 saturated heterocycles. The molecule has 2 nitrogen and oxygen atoms in total. The van der Waals surface area contributed by atoms with Crippen LogP contribution >= 0.6 is 0 Å². The first kappa shape index (κ1) is 13.8. The van der Waals surface area contributed by atoms with E-state index in [9.17, 15) is 13.2 Å². The van der Waals surface area contributed by atoms with E-state index in [1.807, 2.05) is 13.8 Å². The van der Waals surface area contributed by atoms with Crippen LogP contribution in [0.25, 0.3) is 0 Å². The Balaban J connectivity index is 3.28. The van der Waals surface area contributed by atoms with E-state index in [1.54, 1.807) is 6.07 Å². The summed E-state index contributed by atoms with van der Waals surface area (Å²) < 4.78 is 38.3. The summed E-state index contributed by atoms with van der Waals surface area (Å²) in [5.41, 5.74) is 5.85. The van der Waals surface area contributed by atoms with Crippen molar-refractivity contribution >= 4 is 5.69 Å². The topological polar surface area (TPSA) is 38.0 Å². The highest BCUT2D eigenvalue weighted by atomic mass is 19.4. The Morgan fingerprint density at radius 3 is 2.41 bits per heavy atom. The zero-order valence-electron chi connectivity index (χ0n) is 10.2. The number of nitrogens with two attached hydrogens (primary N) is 1. The summed E-state index contributed by atoms with van der Waals surface area (Å²) in [6.45, 7) is 5.90. The Bertz CT molecular complexity index is 399. The molecule has 1 aromatic carbocycles. The predicted octanol–water partition coefficient (Wildman–Crippen LogP) is 3.27. The molecule has 1 aromatic rings. The second-order valence-corrected chi connectivity index (χ2v) is 4.06. The van der Waals surface area contributed by atoms with Gasteiger partial charge in [0.05, 0.1) is 5.56 Å². The monoisotopic (exact) mass is 246 g/mol. The van der Waals surface area contributed by atoms with Crippen LogP contribution < -0.4 is 11.1 Å². The van der Waals surface area contributed by atoms with Crippen LogP contribution in [0.2, 0.25) is 0 Å². The zero-order chi connectivity index (χ0) is 13.2. The minimum Gasteiger partial charge on any atom is -0.399 e. The molecule has 1 rings (SSSR count). The van der Waals surface area contributed by atoms with Gasteiger partial charge in [-0.05, 0) is 43.7 Å². The van der Waals surface area contributed by atoms with Crippen molar-refractivity contribution in [2.45, 2.75) is 33.0 Å². The van der Waals surface area contributed by atoms with E-state index in [2.05, 4.69) is 5.32 Å². The van der Waals surface area contributed by atoms with Crippen molar-refractivity contribution in [3.8, 4) is 0 Å². The smallest absolute Gasteiger partial charge is 0.399 e. The number of hydrogen-bond donors (Lipinski definition) is 2. The van der Waals surface area contributed by atoms with E-state index < -0.39 is 11.7 Å². The van der Waals surface area contributed by atoms with Crippen LogP contribution in [0.4, 0.5) is 18.9 Å². The van der Waals surface area contributed by atoms with E-state index in [1.165, 1.54) is 6.92 Å². The molecule has 0 aliphatic heterocycles. The first-order chi connectivity index (χ1) is 7.77. The van der Waals surface area contributed by atoms with Crippen LogP contribution in [0.3, 0.4) is 0 Å². The normalized spacial score (nSPS) is 13.8. The second-order valence-electron chi connectivity index (χ2n) is 4.06. The number of halogens is 3. The van der Waals surface area contributed by atoms with Gasteiger partial charge in [0.1, 0.15) is 0 Å². The van der Waals surface area contributed by atoms with Crippen molar-refractivity contribution in [1.29, 1.82) is 0 Å². The zero-order valence-corrected chi connectivity index (χ0v) is 10.2. The lowest BCUT2D eigenvalue weighted by Gasteiger charge is -2.20. The Labute approximate surface area is 99.0 Å². The molecule has 0 saturated carbocycles. The van der Waals surface area contributed by atoms with Gasteiger partial charge in [-0.25, -0.2) is 0 Å². The van der Waals surface area contributed by atoms with Gasteiger partial charge in [0, 0.05) is 11.7 Å². The minimum absolute atomic E-state index is 0.141. The lowest BCUT2D eigenvalue weighted by molar-refractivity contribution is -0.138. The van der Waals surface area contributed by atoms with E-state index in [-0.39, 0.29) is 17.3 Å². The Morgan fingerprint density at radius 2 is 1.94 bits per heavy atom. The first-order valence-corrected chi connectivity index (χ1v) is 5.48. The van der Waals surface area contributed by atoms with E-state index >= 15 is 0 Å². The fourth-order valence-corrected chi connectivity index (χ4v) is 1.92. The van der Waals surface area contributed by atoms with Gasteiger partial charge < -0.3 is 11.1 Å². The van der Waals surface area contributed by atoms with Crippen molar-refractivity contribution < 1.29 is 13.2 Å². The minimum atomic E-state index is -4.36. The highest BCUT2D eigenvalue weighted by molar-refractivity contribution is 5.51. The van der Waals surface area contributed by atoms with Crippen LogP contribution in [-0.4, -0.2) is 6.54 Å². The molecular weight excluding hydrogens is 229 g/mol. The maximum atomic E-state index is 12.8. The molecule has 17 heavy (non-hydrogen) atoms. The summed E-state index contributed by atoms with van der Waals surface area (Å²) >= 11 is 0. The molecule has 0 spiro atoms. The lowest BCUT2D eigenvalue weighted by atomic mass is 9.96. The molecule has 96 valence electrons. The molecule has 3 N–H and O–H groups in total. The molecule has 0 aliphatic carbocycles. The fraction of sp³-hybridized carbons (Fsp3) is 0.500. The van der Waals surface area contributed by atoms with E-state index in [0.717, 1.165) is 6.07 Å². The summed E-state index contributed by atoms with van der Waals surface area (Å²) in [6.07, 6.45) is -4.36. The fourth-order valence-electron chi connectivity index (χ4n) is 1.92. The summed E-state index contributed by atoms with van der Waals surface area (Å²) in [6, 6.07) is 2.43. The van der Waals surface area contributed by atoms with Crippen LogP contribution in [0.5, 0.6) is 0 Å². The molecule has 0 bridgehead atoms. The maximum absolute atomic E-state index is 12.8. The standard InChI is InChI=1S/C12H17F3N2/c1-4-17-8(3)10-5-9(16)6-11(7(10)2)12(13,14)15/h5-6,8,17H,4,16H2,1-3H3/t8-/m1/s1. The van der Waals surface area contributed by atoms with Crippen LogP contribution in [0.15, 0.2) is 12.1 Å². The molecule has 1 atom stereocenters. The van der Waals surface area contributed by atoms with Gasteiger partial charge in [0.25, 0.3) is 0 Å². The van der Waals surface area contributed by atoms with Crippen molar-refractivity contribution in [2.24, 2.45) is 0 Å². The highest BCUT2D eigenvalue weighted by Gasteiger charge is 2.33. The molecule has 0 amide bonds. The summed E-state index contributed by atoms with van der Waals surface area (Å²) in [5, 5.41) is 3.09. The summed E-state index contributed by atoms with van der Waals surface area (Å²) in [4.78, 5) is 0. The van der Waals surface area contributed by atoms with Gasteiger partial charge in [-0.3, -0.25) is 0 Å². The number of alkyl halides is 3. The number of anilines is 1. The van der Waals surface area contributed by atoms with Crippen LogP contribution in [0, 0.1) is 6.92 Å². The number of nitrogens with one attached hydrogen (secondary N) is 1. The maximum Gasteiger partial charge on any atom is 0.416 e. The Kier molecular flexibility index (Phi) is 4.03. The molecule has 0 radical (unpaired) electrons. The molecule has 0 aliphatic rings. The Hall–Kier alpha value is -1.23. The third kappa shape index (κ3) is 3.12. The van der Waals surface area contributed by atoms with Gasteiger partial charge in [-0.1, -0.05) is 6.92 Å². The van der Waals surface area contributed by atoms with Gasteiger partial charge in [-0.2, -0.15) is 13.2 Å². The predicted molar refractivity (Wildman–Crippen MR) is 62.7 cm³/mol. The molecule has 0 unspecified atom stereocenters. The van der Waals surface area contributed by atoms with E-state index in [0.29, 0.717) is 12.1 Å². The average Bonchev–Trinajstić information content (AvgIpc) is 2.19. The molecule has 0 fully saturated rings. The van der Waals surface area contributed by atoms with Crippen LogP contribution in [0.1, 0.15) is 36.6 Å². The lowest BCUT2D eigenvalue weighted by Crippen LogP contribution is -2.20. The SMILES string of the molecule is CCN[C@H](C)c1cc(N)cc(C(F)(F)F)c1C. The van der Waals surface area contributed by atoms with Gasteiger partial charge >= 0.3 is 6.18 Å². The van der Waals surface area contributed by atoms with Gasteiger partial charge in [0.2, 0.25) is 0 Å². The van der Waals surface area contributed by atoms with Gasteiger partial charge in [-0.15, -0.1) is 0 Å². The summed E-state index contributed by atoms with van der Waals surface area (Å²) in [7, 11) is 0. The quantitative estimate of drug-likeness (QED) is 0.803. The molecule has 0 aromatic heterocycles. The number of nitrogen functional groups attached to an aromatic ring is 1. The average molecular weight is 246 g/mol. The van der Waals surface area contributed by atoms with Gasteiger partial charge in [0.15, 0.2) is 0 Å². The van der Waals surface area contributed by atoms with Crippen LogP contribution in [-0.2, 0) is 6.18 Å². The summed E-state index contributed by atoms with van der Waals surface area (Å²) in [5.74, 6) is 0. The van der Waals surface area contributed by atoms with Crippen molar-refractivity contribution in [3.63, 3.8) is 0 Å². The number of benzene rings is 1. The van der Waals surface area contributed by atoms with Crippen molar-refractivity contribution in [3.05, 3.63) is 28.8 Å². The Morgan fingerprint density at radius 1 is 1.35 bits per heavy atom. The molecule has 5 heteroatoms. The third-order valence-corrected chi connectivity index (χ3v) is 2.75. The number of rotatable bonds is 3. The third-order valence-electron chi connectivity index (χ3n) is 2.75. The molecular formula is C12H17F3N2. The largest absolute Gasteiger partial charge is 0.416 e. The molecule has 0 heterocycles. The highest BCUT2D eigenvalue weighted by Crippen LogP contribution is 2.36. The number of hydrogen-bond acceptors (Lipinski definition) is 2.